The van der Waals surface area contributed by atoms with E-state index >= 15 is 0 Å². The summed E-state index contributed by atoms with van der Waals surface area (Å²) in [7, 11) is 0. The number of hydrogen-bond donors (Lipinski definition) is 0. The molecule has 0 aromatic carbocycles. The monoisotopic (exact) mass is 196 g/mol. The highest BCUT2D eigenvalue weighted by molar-refractivity contribution is 14.1. The summed E-state index contributed by atoms with van der Waals surface area (Å²) in [4.78, 5) is 0. The summed E-state index contributed by atoms with van der Waals surface area (Å²) in [6.07, 6.45) is 0. The lowest BCUT2D eigenvalue weighted by Gasteiger charge is -1.95. The van der Waals surface area contributed by atoms with Gasteiger partial charge in [0, 0.05) is 0 Å². The lowest BCUT2D eigenvalue weighted by Crippen LogP contribution is -1.79. The second kappa shape index (κ2) is 2.61. The van der Waals surface area contributed by atoms with Gasteiger partial charge in [0.2, 0.25) is 0 Å². The zero-order chi connectivity index (χ0) is 5.15. The topological polar surface area (TPSA) is 0 Å². The van der Waals surface area contributed by atoms with Gasteiger partial charge in [0.25, 0.3) is 0 Å². The van der Waals surface area contributed by atoms with Crippen LogP contribution in [-0.4, -0.2) is 0 Å². The number of halogens is 1. The van der Waals surface area contributed by atoms with E-state index in [-0.39, 0.29) is 0 Å². The smallest absolute Gasteiger partial charge is 0.0140 e. The van der Waals surface area contributed by atoms with Crippen LogP contribution in [0.1, 0.15) is 13.8 Å². The minimum atomic E-state index is 0.644. The van der Waals surface area contributed by atoms with Crippen LogP contribution in [0.2, 0.25) is 0 Å². The third-order valence-corrected chi connectivity index (χ3v) is 1.87. The molecular formula is C5H9I. The largest absolute Gasteiger partial charge is 0.0895 e. The summed E-state index contributed by atoms with van der Waals surface area (Å²) in [6.45, 7) is 8.01. The molecule has 0 aliphatic carbocycles. The SMILES string of the molecule is C=C(I)C(C)C. The van der Waals surface area contributed by atoms with Crippen LogP contribution in [-0.2, 0) is 0 Å². The van der Waals surface area contributed by atoms with Crippen LogP contribution in [0.15, 0.2) is 10.2 Å². The average molecular weight is 196 g/mol. The Bertz CT molecular complexity index is 55.0. The lowest BCUT2D eigenvalue weighted by molar-refractivity contribution is 0.828. The summed E-state index contributed by atoms with van der Waals surface area (Å²) in [5.74, 6) is 0.644. The van der Waals surface area contributed by atoms with Gasteiger partial charge in [0.15, 0.2) is 0 Å². The maximum atomic E-state index is 3.74. The Morgan fingerprint density at radius 3 is 1.83 bits per heavy atom. The van der Waals surface area contributed by atoms with Crippen LogP contribution < -0.4 is 0 Å². The van der Waals surface area contributed by atoms with Crippen LogP contribution in [0.25, 0.3) is 0 Å². The van der Waals surface area contributed by atoms with E-state index in [9.17, 15) is 0 Å². The molecule has 36 valence electrons. The molecule has 0 aromatic rings. The molecule has 0 aromatic heterocycles. The fraction of sp³-hybridized carbons (Fsp3) is 0.600. The first-order valence-corrected chi connectivity index (χ1v) is 3.06. The molecule has 6 heavy (non-hydrogen) atoms. The maximum absolute atomic E-state index is 3.74. The molecule has 1 heteroatoms. The summed E-state index contributed by atoms with van der Waals surface area (Å²) < 4.78 is 1.23. The minimum Gasteiger partial charge on any atom is -0.0895 e. The van der Waals surface area contributed by atoms with E-state index in [1.54, 1.807) is 0 Å². The van der Waals surface area contributed by atoms with Crippen LogP contribution >= 0.6 is 22.6 Å². The predicted octanol–water partition coefficient (Wildman–Crippen LogP) is 2.59. The van der Waals surface area contributed by atoms with Crippen molar-refractivity contribution in [2.45, 2.75) is 13.8 Å². The van der Waals surface area contributed by atoms with Crippen molar-refractivity contribution < 1.29 is 0 Å². The Hall–Kier alpha value is 0.470. The summed E-state index contributed by atoms with van der Waals surface area (Å²) in [5.41, 5.74) is 0. The Morgan fingerprint density at radius 2 is 1.83 bits per heavy atom. The number of allylic oxidation sites excluding steroid dienone is 1. The normalized spacial score (nSPS) is 9.33. The second-order valence-electron chi connectivity index (χ2n) is 1.60. The van der Waals surface area contributed by atoms with Gasteiger partial charge in [-0.1, -0.05) is 20.4 Å². The van der Waals surface area contributed by atoms with E-state index in [2.05, 4.69) is 43.0 Å². The molecule has 0 radical (unpaired) electrons. The third kappa shape index (κ3) is 2.69. The molecule has 0 saturated heterocycles. The molecular weight excluding hydrogens is 187 g/mol. The van der Waals surface area contributed by atoms with Crippen LogP contribution in [0.5, 0.6) is 0 Å². The third-order valence-electron chi connectivity index (χ3n) is 0.626. The molecule has 0 atom stereocenters. The van der Waals surface area contributed by atoms with E-state index < -0.39 is 0 Å². The van der Waals surface area contributed by atoms with Gasteiger partial charge in [-0.15, -0.1) is 0 Å². The van der Waals surface area contributed by atoms with Gasteiger partial charge < -0.3 is 0 Å². The second-order valence-corrected chi connectivity index (χ2v) is 2.99. The van der Waals surface area contributed by atoms with E-state index in [1.165, 1.54) is 3.58 Å². The Morgan fingerprint density at radius 1 is 1.67 bits per heavy atom. The molecule has 0 rings (SSSR count). The fourth-order valence-corrected chi connectivity index (χ4v) is 0. The molecule has 0 aliphatic rings. The minimum absolute atomic E-state index is 0.644. The van der Waals surface area contributed by atoms with Crippen LogP contribution in [0, 0.1) is 5.92 Å². The van der Waals surface area contributed by atoms with Crippen molar-refractivity contribution >= 4 is 22.6 Å². The van der Waals surface area contributed by atoms with Crippen molar-refractivity contribution in [2.75, 3.05) is 0 Å². The van der Waals surface area contributed by atoms with Crippen molar-refractivity contribution in [1.82, 2.24) is 0 Å². The molecule has 0 amide bonds. The molecule has 0 nitrogen and oxygen atoms in total. The highest BCUT2D eigenvalue weighted by Crippen LogP contribution is 2.12. The van der Waals surface area contributed by atoms with Crippen molar-refractivity contribution in [2.24, 2.45) is 5.92 Å². The van der Waals surface area contributed by atoms with Gasteiger partial charge in [0.1, 0.15) is 0 Å². The molecule has 0 saturated carbocycles. The van der Waals surface area contributed by atoms with Gasteiger partial charge in [0.05, 0.1) is 0 Å². The summed E-state index contributed by atoms with van der Waals surface area (Å²) in [5, 5.41) is 0. The molecule has 0 spiro atoms. The summed E-state index contributed by atoms with van der Waals surface area (Å²) >= 11 is 2.24. The quantitative estimate of drug-likeness (QED) is 0.565. The van der Waals surface area contributed by atoms with E-state index in [1.807, 2.05) is 0 Å². The van der Waals surface area contributed by atoms with Gasteiger partial charge in [-0.2, -0.15) is 0 Å². The van der Waals surface area contributed by atoms with Crippen molar-refractivity contribution in [1.29, 1.82) is 0 Å². The van der Waals surface area contributed by atoms with Gasteiger partial charge in [-0.05, 0) is 32.1 Å². The molecule has 0 bridgehead atoms. The lowest BCUT2D eigenvalue weighted by atomic mass is 10.2. The van der Waals surface area contributed by atoms with Gasteiger partial charge in [-0.25, -0.2) is 0 Å². The molecule has 0 unspecified atom stereocenters. The number of hydrogen-bond acceptors (Lipinski definition) is 0. The van der Waals surface area contributed by atoms with Crippen molar-refractivity contribution in [3.05, 3.63) is 10.2 Å². The Labute approximate surface area is 52.8 Å². The summed E-state index contributed by atoms with van der Waals surface area (Å²) in [6, 6.07) is 0. The van der Waals surface area contributed by atoms with Crippen molar-refractivity contribution in [3.63, 3.8) is 0 Å². The fourth-order valence-electron chi connectivity index (χ4n) is 0. The van der Waals surface area contributed by atoms with Crippen molar-refractivity contribution in [3.8, 4) is 0 Å². The molecule has 0 heterocycles. The van der Waals surface area contributed by atoms with E-state index in [4.69, 9.17) is 0 Å². The zero-order valence-corrected chi connectivity index (χ0v) is 6.32. The number of rotatable bonds is 1. The predicted molar refractivity (Wildman–Crippen MR) is 38.0 cm³/mol. The van der Waals surface area contributed by atoms with Crippen LogP contribution in [0.4, 0.5) is 0 Å². The molecule has 0 N–H and O–H groups in total. The molecule has 0 aliphatic heterocycles. The maximum Gasteiger partial charge on any atom is -0.0140 e. The molecule has 0 fully saturated rings. The first kappa shape index (κ1) is 6.47. The Balaban J connectivity index is 3.26. The zero-order valence-electron chi connectivity index (χ0n) is 4.16. The van der Waals surface area contributed by atoms with Gasteiger partial charge in [-0.3, -0.25) is 0 Å². The first-order chi connectivity index (χ1) is 2.64. The first-order valence-electron chi connectivity index (χ1n) is 1.99. The Kier molecular flexibility index (Phi) is 2.82. The van der Waals surface area contributed by atoms with Crippen LogP contribution in [0.3, 0.4) is 0 Å². The average Bonchev–Trinajstić information content (AvgIpc) is 1.36. The highest BCUT2D eigenvalue weighted by Gasteiger charge is 1.89. The standard InChI is InChI=1S/C5H9I/c1-4(2)5(3)6/h4H,3H2,1-2H3. The highest BCUT2D eigenvalue weighted by atomic mass is 127. The van der Waals surface area contributed by atoms with E-state index in [0.29, 0.717) is 5.92 Å². The van der Waals surface area contributed by atoms with E-state index in [0.717, 1.165) is 0 Å². The van der Waals surface area contributed by atoms with Gasteiger partial charge >= 0.3 is 0 Å².